The number of amides is 1. The number of carbonyl (C=O) groups excluding carboxylic acids is 1. The summed E-state index contributed by atoms with van der Waals surface area (Å²) in [5.74, 6) is 0.823. The number of likely N-dealkylation sites (N-methyl/N-ethyl adjacent to an activating group) is 1. The van der Waals surface area contributed by atoms with Crippen molar-refractivity contribution in [3.63, 3.8) is 0 Å². The minimum atomic E-state index is 0.0288. The van der Waals surface area contributed by atoms with Crippen LogP contribution in [0.25, 0.3) is 0 Å². The Bertz CT molecular complexity index is 454. The van der Waals surface area contributed by atoms with Crippen LogP contribution in [0.15, 0.2) is 4.99 Å². The Kier molecular flexibility index (Phi) is 5.09. The number of guanidine groups is 1. The highest BCUT2D eigenvalue weighted by Crippen LogP contribution is 2.39. The molecule has 1 amide bonds. The number of carbonyl (C=O) groups is 1. The van der Waals surface area contributed by atoms with E-state index >= 15 is 0 Å². The molecule has 2 saturated carbocycles. The molecule has 3 rings (SSSR count). The summed E-state index contributed by atoms with van der Waals surface area (Å²) in [6, 6.07) is 0.914. The van der Waals surface area contributed by atoms with E-state index in [1.807, 2.05) is 0 Å². The van der Waals surface area contributed by atoms with Crippen molar-refractivity contribution in [3.05, 3.63) is 0 Å². The maximum atomic E-state index is 11.8. The molecule has 3 aliphatic rings. The second-order valence-electron chi connectivity index (χ2n) is 7.44. The molecule has 2 aliphatic carbocycles. The number of nitrogens with one attached hydrogen (secondary N) is 2. The van der Waals surface area contributed by atoms with Crippen LogP contribution in [0.3, 0.4) is 0 Å². The van der Waals surface area contributed by atoms with Crippen molar-refractivity contribution in [2.75, 3.05) is 27.2 Å². The fourth-order valence-electron chi connectivity index (χ4n) is 3.55. The first-order valence-corrected chi connectivity index (χ1v) is 8.98. The van der Waals surface area contributed by atoms with Crippen LogP contribution in [-0.2, 0) is 9.53 Å². The zero-order valence-corrected chi connectivity index (χ0v) is 14.4. The van der Waals surface area contributed by atoms with Crippen molar-refractivity contribution in [3.8, 4) is 0 Å². The largest absolute Gasteiger partial charge is 0.375 e. The Hall–Kier alpha value is -1.30. The summed E-state index contributed by atoms with van der Waals surface area (Å²) >= 11 is 0. The van der Waals surface area contributed by atoms with Crippen molar-refractivity contribution in [1.29, 1.82) is 0 Å². The Morgan fingerprint density at radius 2 is 1.87 bits per heavy atom. The van der Waals surface area contributed by atoms with E-state index in [0.717, 1.165) is 25.4 Å². The molecule has 1 atom stereocenters. The standard InChI is InChI=1S/C17H30N4O2/c1-21(2)15(22)12-18-16(19-13-5-6-13)20-14-7-10-23-17(11-14)8-3-4-9-17/h13-14H,3-12H2,1-2H3,(H2,18,19,20). The van der Waals surface area contributed by atoms with Gasteiger partial charge in [0.15, 0.2) is 5.96 Å². The summed E-state index contributed by atoms with van der Waals surface area (Å²) in [5, 5.41) is 7.00. The fourth-order valence-corrected chi connectivity index (χ4v) is 3.55. The second-order valence-corrected chi connectivity index (χ2v) is 7.44. The van der Waals surface area contributed by atoms with Crippen molar-refractivity contribution < 1.29 is 9.53 Å². The third-order valence-corrected chi connectivity index (χ3v) is 5.14. The number of rotatable bonds is 4. The maximum Gasteiger partial charge on any atom is 0.243 e. The van der Waals surface area contributed by atoms with Crippen LogP contribution in [0, 0.1) is 0 Å². The predicted octanol–water partition coefficient (Wildman–Crippen LogP) is 1.26. The Morgan fingerprint density at radius 1 is 1.17 bits per heavy atom. The lowest BCUT2D eigenvalue weighted by Gasteiger charge is -2.39. The van der Waals surface area contributed by atoms with Gasteiger partial charge in [0.25, 0.3) is 0 Å². The van der Waals surface area contributed by atoms with E-state index in [1.54, 1.807) is 19.0 Å². The van der Waals surface area contributed by atoms with Crippen molar-refractivity contribution in [2.45, 2.75) is 69.1 Å². The molecule has 3 fully saturated rings. The average Bonchev–Trinajstić information content (AvgIpc) is 3.23. The van der Waals surface area contributed by atoms with Gasteiger partial charge in [0, 0.05) is 32.8 Å². The monoisotopic (exact) mass is 322 g/mol. The topological polar surface area (TPSA) is 66.0 Å². The Morgan fingerprint density at radius 3 is 2.52 bits per heavy atom. The quantitative estimate of drug-likeness (QED) is 0.604. The Labute approximate surface area is 139 Å². The van der Waals surface area contributed by atoms with Gasteiger partial charge >= 0.3 is 0 Å². The molecule has 0 aromatic carbocycles. The SMILES string of the molecule is CN(C)C(=O)CN=C(NC1CC1)NC1CCOC2(CCCC2)C1. The van der Waals surface area contributed by atoms with Gasteiger partial charge in [-0.2, -0.15) is 0 Å². The highest BCUT2D eigenvalue weighted by Gasteiger charge is 2.40. The minimum Gasteiger partial charge on any atom is -0.375 e. The van der Waals surface area contributed by atoms with Gasteiger partial charge in [-0.05, 0) is 38.5 Å². The maximum absolute atomic E-state index is 11.8. The predicted molar refractivity (Wildman–Crippen MR) is 90.5 cm³/mol. The molecule has 1 spiro atoms. The lowest BCUT2D eigenvalue weighted by atomic mass is 9.89. The summed E-state index contributed by atoms with van der Waals surface area (Å²) in [6.07, 6.45) is 9.39. The summed E-state index contributed by atoms with van der Waals surface area (Å²) in [7, 11) is 3.53. The lowest BCUT2D eigenvalue weighted by molar-refractivity contribution is -0.127. The third kappa shape index (κ3) is 4.59. The molecular weight excluding hydrogens is 292 g/mol. The molecule has 6 heteroatoms. The smallest absolute Gasteiger partial charge is 0.243 e. The summed E-state index contributed by atoms with van der Waals surface area (Å²) in [4.78, 5) is 17.9. The molecule has 0 aromatic rings. The summed E-state index contributed by atoms with van der Waals surface area (Å²) in [6.45, 7) is 1.02. The zero-order chi connectivity index (χ0) is 16.3. The number of hydrogen-bond donors (Lipinski definition) is 2. The van der Waals surface area contributed by atoms with Gasteiger partial charge in [0.1, 0.15) is 6.54 Å². The van der Waals surface area contributed by atoms with Crippen LogP contribution in [0.5, 0.6) is 0 Å². The van der Waals surface area contributed by atoms with Crippen molar-refractivity contribution >= 4 is 11.9 Å². The van der Waals surface area contributed by atoms with Crippen LogP contribution in [-0.4, -0.2) is 61.7 Å². The molecule has 6 nitrogen and oxygen atoms in total. The first-order valence-electron chi connectivity index (χ1n) is 8.98. The minimum absolute atomic E-state index is 0.0288. The van der Waals surface area contributed by atoms with E-state index in [9.17, 15) is 4.79 Å². The number of ether oxygens (including phenoxy) is 1. The summed E-state index contributed by atoms with van der Waals surface area (Å²) < 4.78 is 6.10. The Balaban J connectivity index is 1.58. The van der Waals surface area contributed by atoms with E-state index in [4.69, 9.17) is 4.74 Å². The second kappa shape index (κ2) is 7.07. The van der Waals surface area contributed by atoms with Gasteiger partial charge < -0.3 is 20.3 Å². The van der Waals surface area contributed by atoms with Gasteiger partial charge in [0.05, 0.1) is 5.60 Å². The number of aliphatic imine (C=N–C) groups is 1. The number of nitrogens with zero attached hydrogens (tertiary/aromatic N) is 2. The molecule has 1 unspecified atom stereocenters. The molecule has 130 valence electrons. The van der Waals surface area contributed by atoms with Gasteiger partial charge in [0.2, 0.25) is 5.91 Å². The molecule has 1 saturated heterocycles. The molecule has 1 aliphatic heterocycles. The normalized spacial score (nSPS) is 27.0. The van der Waals surface area contributed by atoms with Crippen LogP contribution >= 0.6 is 0 Å². The molecule has 23 heavy (non-hydrogen) atoms. The first-order chi connectivity index (χ1) is 11.1. The van der Waals surface area contributed by atoms with E-state index < -0.39 is 0 Å². The molecule has 1 heterocycles. The van der Waals surface area contributed by atoms with E-state index in [1.165, 1.54) is 38.5 Å². The summed E-state index contributed by atoms with van der Waals surface area (Å²) in [5.41, 5.74) is 0.0973. The third-order valence-electron chi connectivity index (χ3n) is 5.14. The fraction of sp³-hybridized carbons (Fsp3) is 0.882. The number of hydrogen-bond acceptors (Lipinski definition) is 3. The van der Waals surface area contributed by atoms with Crippen LogP contribution in [0.1, 0.15) is 51.4 Å². The van der Waals surface area contributed by atoms with E-state index in [-0.39, 0.29) is 18.1 Å². The zero-order valence-electron chi connectivity index (χ0n) is 14.4. The van der Waals surface area contributed by atoms with Crippen molar-refractivity contribution in [2.24, 2.45) is 4.99 Å². The van der Waals surface area contributed by atoms with Crippen LogP contribution in [0.4, 0.5) is 0 Å². The molecule has 2 N–H and O–H groups in total. The van der Waals surface area contributed by atoms with Crippen molar-refractivity contribution in [1.82, 2.24) is 15.5 Å². The van der Waals surface area contributed by atoms with Gasteiger partial charge in [-0.3, -0.25) is 4.79 Å². The van der Waals surface area contributed by atoms with E-state index in [0.29, 0.717) is 12.1 Å². The van der Waals surface area contributed by atoms with Gasteiger partial charge in [-0.25, -0.2) is 4.99 Å². The van der Waals surface area contributed by atoms with Crippen LogP contribution in [0.2, 0.25) is 0 Å². The van der Waals surface area contributed by atoms with E-state index in [2.05, 4.69) is 15.6 Å². The van der Waals surface area contributed by atoms with Crippen LogP contribution < -0.4 is 10.6 Å². The van der Waals surface area contributed by atoms with Gasteiger partial charge in [-0.1, -0.05) is 12.8 Å². The highest BCUT2D eigenvalue weighted by molar-refractivity contribution is 5.85. The lowest BCUT2D eigenvalue weighted by Crippen LogP contribution is -2.51. The molecular formula is C17H30N4O2. The molecule has 0 radical (unpaired) electrons. The highest BCUT2D eigenvalue weighted by atomic mass is 16.5. The molecule has 0 bridgehead atoms. The van der Waals surface area contributed by atoms with Gasteiger partial charge in [-0.15, -0.1) is 0 Å². The average molecular weight is 322 g/mol. The molecule has 0 aromatic heterocycles. The first kappa shape index (κ1) is 16.6.